The van der Waals surface area contributed by atoms with Crippen LogP contribution >= 0.6 is 0 Å². The van der Waals surface area contributed by atoms with Crippen LogP contribution in [0.25, 0.3) is 16.9 Å². The van der Waals surface area contributed by atoms with Gasteiger partial charge in [-0.1, -0.05) is 36.4 Å². The van der Waals surface area contributed by atoms with Crippen LogP contribution in [0.2, 0.25) is 0 Å². The minimum Gasteiger partial charge on any atom is -0.496 e. The molecule has 0 atom stereocenters. The van der Waals surface area contributed by atoms with Gasteiger partial charge in [0, 0.05) is 18.2 Å². The van der Waals surface area contributed by atoms with Gasteiger partial charge in [0.2, 0.25) is 0 Å². The number of carbonyl (C=O) groups excluding carboxylic acids is 2. The van der Waals surface area contributed by atoms with E-state index in [9.17, 15) is 18.4 Å². The van der Waals surface area contributed by atoms with E-state index in [-0.39, 0.29) is 35.2 Å². The van der Waals surface area contributed by atoms with Crippen molar-refractivity contribution in [3.05, 3.63) is 95.1 Å². The lowest BCUT2D eigenvalue weighted by Gasteiger charge is -2.09. The van der Waals surface area contributed by atoms with Crippen molar-refractivity contribution >= 4 is 17.6 Å². The maximum absolute atomic E-state index is 14.3. The minimum atomic E-state index is -0.836. The van der Waals surface area contributed by atoms with Crippen LogP contribution in [-0.4, -0.2) is 24.0 Å². The van der Waals surface area contributed by atoms with E-state index in [4.69, 9.17) is 16.2 Å². The molecule has 35 heavy (non-hydrogen) atoms. The van der Waals surface area contributed by atoms with Crippen molar-refractivity contribution < 1.29 is 27.8 Å². The van der Waals surface area contributed by atoms with E-state index in [1.807, 2.05) is 0 Å². The van der Waals surface area contributed by atoms with Gasteiger partial charge in [-0.2, -0.15) is 0 Å². The molecule has 4 rings (SSSR count). The lowest BCUT2D eigenvalue weighted by Crippen LogP contribution is -2.37. The molecule has 1 heterocycles. The summed E-state index contributed by atoms with van der Waals surface area (Å²) < 4.78 is 34.3. The van der Waals surface area contributed by atoms with Gasteiger partial charge in [0.25, 0.3) is 11.8 Å². The molecule has 2 amide bonds. The number of para-hydroxylation sites is 1. The fourth-order valence-corrected chi connectivity index (χ4v) is 3.67. The van der Waals surface area contributed by atoms with Crippen LogP contribution in [0, 0.1) is 11.6 Å². The second-order valence-corrected chi connectivity index (χ2v) is 7.62. The van der Waals surface area contributed by atoms with Crippen molar-refractivity contribution in [2.75, 3.05) is 12.8 Å². The van der Waals surface area contributed by atoms with Crippen molar-refractivity contribution in [1.29, 1.82) is 0 Å². The first kappa shape index (κ1) is 23.4. The van der Waals surface area contributed by atoms with Gasteiger partial charge in [0.1, 0.15) is 17.3 Å². The largest absolute Gasteiger partial charge is 0.496 e. The number of primary amides is 1. The average molecular weight is 478 g/mol. The molecule has 0 bridgehead atoms. The zero-order chi connectivity index (χ0) is 25.1. The Kier molecular flexibility index (Phi) is 6.45. The van der Waals surface area contributed by atoms with Gasteiger partial charge in [-0.15, -0.1) is 4.68 Å². The van der Waals surface area contributed by atoms with E-state index in [1.54, 1.807) is 48.5 Å². The first-order valence-corrected chi connectivity index (χ1v) is 10.5. The summed E-state index contributed by atoms with van der Waals surface area (Å²) in [6, 6.07) is 16.6. The van der Waals surface area contributed by atoms with E-state index < -0.39 is 17.5 Å². The number of hydrogen-bond donors (Lipinski definition) is 4. The molecule has 0 aliphatic heterocycles. The number of halogens is 2. The SMILES string of the molecule is COc1ccccc1C(=O)NCc1ccc(-c2[nH][n+](-c3cc(F)ccc3F)c(N)c2C(N)=O)cc1. The Morgan fingerprint density at radius 1 is 1.06 bits per heavy atom. The summed E-state index contributed by atoms with van der Waals surface area (Å²) in [5.41, 5.74) is 13.3. The van der Waals surface area contributed by atoms with Crippen molar-refractivity contribution in [3.8, 4) is 22.7 Å². The molecule has 8 nitrogen and oxygen atoms in total. The van der Waals surface area contributed by atoms with E-state index in [2.05, 4.69) is 10.4 Å². The molecule has 0 fully saturated rings. The second kappa shape index (κ2) is 9.64. The number of nitrogens with two attached hydrogens (primary N) is 2. The molecule has 178 valence electrons. The third-order valence-corrected chi connectivity index (χ3v) is 5.41. The summed E-state index contributed by atoms with van der Waals surface area (Å²) in [6.07, 6.45) is 0. The van der Waals surface area contributed by atoms with Crippen molar-refractivity contribution in [2.24, 2.45) is 5.73 Å². The molecule has 4 aromatic rings. The van der Waals surface area contributed by atoms with Crippen molar-refractivity contribution in [3.63, 3.8) is 0 Å². The van der Waals surface area contributed by atoms with Gasteiger partial charge >= 0.3 is 5.82 Å². The van der Waals surface area contributed by atoms with Gasteiger partial charge in [-0.3, -0.25) is 15.3 Å². The molecule has 0 radical (unpaired) electrons. The number of nitrogens with one attached hydrogen (secondary N) is 2. The number of hydrogen-bond acceptors (Lipinski definition) is 4. The predicted octanol–water partition coefficient (Wildman–Crippen LogP) is 2.86. The molecular formula is C25H22F2N5O3+. The normalized spacial score (nSPS) is 10.7. The zero-order valence-corrected chi connectivity index (χ0v) is 18.6. The van der Waals surface area contributed by atoms with E-state index in [0.717, 1.165) is 28.4 Å². The topological polar surface area (TPSA) is 127 Å². The highest BCUT2D eigenvalue weighted by Gasteiger charge is 2.28. The number of aromatic nitrogens is 2. The lowest BCUT2D eigenvalue weighted by atomic mass is 10.0. The fourth-order valence-electron chi connectivity index (χ4n) is 3.67. The third-order valence-electron chi connectivity index (χ3n) is 5.41. The van der Waals surface area contributed by atoms with Gasteiger partial charge < -0.3 is 15.8 Å². The molecule has 0 saturated carbocycles. The average Bonchev–Trinajstić information content (AvgIpc) is 3.21. The molecule has 6 N–H and O–H groups in total. The summed E-state index contributed by atoms with van der Waals surface area (Å²) in [4.78, 5) is 24.6. The lowest BCUT2D eigenvalue weighted by molar-refractivity contribution is -0.642. The smallest absolute Gasteiger partial charge is 0.312 e. The third kappa shape index (κ3) is 4.67. The number of anilines is 1. The number of methoxy groups -OCH3 is 1. The Balaban J connectivity index is 1.60. The Labute approximate surface area is 199 Å². The summed E-state index contributed by atoms with van der Waals surface area (Å²) in [6.45, 7) is 0.237. The van der Waals surface area contributed by atoms with Crippen LogP contribution in [0.4, 0.5) is 14.6 Å². The van der Waals surface area contributed by atoms with Gasteiger partial charge in [0.15, 0.2) is 17.1 Å². The number of rotatable bonds is 7. The van der Waals surface area contributed by atoms with Crippen LogP contribution in [0.3, 0.4) is 0 Å². The number of aromatic amines is 1. The monoisotopic (exact) mass is 478 g/mol. The number of nitrogen functional groups attached to an aromatic ring is 1. The molecular weight excluding hydrogens is 456 g/mol. The van der Waals surface area contributed by atoms with Crippen molar-refractivity contribution in [2.45, 2.75) is 6.54 Å². The Bertz CT molecular complexity index is 1420. The summed E-state index contributed by atoms with van der Waals surface area (Å²) in [5, 5.41) is 5.66. The molecule has 10 heteroatoms. The molecule has 0 spiro atoms. The molecule has 0 saturated heterocycles. The fraction of sp³-hybridized carbons (Fsp3) is 0.0800. The standard InChI is InChI=1S/C25H21F2N5O3/c1-35-20-5-3-2-4-17(20)25(34)30-13-14-6-8-15(9-7-14)22-21(24(29)33)23(28)32(31-22)19-12-16(26)10-11-18(19)27/h2-12H,13H2,1H3,(H5,28,29,30,31,33,34)/p+1. The van der Waals surface area contributed by atoms with Crippen LogP contribution in [0.15, 0.2) is 66.7 Å². The first-order valence-electron chi connectivity index (χ1n) is 10.5. The molecule has 0 aliphatic carbocycles. The number of benzene rings is 3. The van der Waals surface area contributed by atoms with E-state index in [0.29, 0.717) is 16.9 Å². The van der Waals surface area contributed by atoms with E-state index >= 15 is 0 Å². The Morgan fingerprint density at radius 3 is 2.46 bits per heavy atom. The number of amides is 2. The quantitative estimate of drug-likeness (QED) is 0.305. The maximum Gasteiger partial charge on any atom is 0.312 e. The van der Waals surface area contributed by atoms with Crippen LogP contribution in [0.1, 0.15) is 26.3 Å². The number of carbonyl (C=O) groups is 2. The predicted molar refractivity (Wildman–Crippen MR) is 125 cm³/mol. The first-order chi connectivity index (χ1) is 16.8. The molecule has 0 aliphatic rings. The molecule has 1 aromatic heterocycles. The highest BCUT2D eigenvalue weighted by atomic mass is 19.1. The van der Waals surface area contributed by atoms with Crippen LogP contribution in [0.5, 0.6) is 5.75 Å². The van der Waals surface area contributed by atoms with Crippen molar-refractivity contribution in [1.82, 2.24) is 10.4 Å². The Hall–Kier alpha value is -4.73. The number of nitrogens with zero attached hydrogens (tertiary/aromatic N) is 1. The summed E-state index contributed by atoms with van der Waals surface area (Å²) >= 11 is 0. The minimum absolute atomic E-state index is 0.0640. The molecule has 0 unspecified atom stereocenters. The molecule has 3 aromatic carbocycles. The highest BCUT2D eigenvalue weighted by Crippen LogP contribution is 2.26. The Morgan fingerprint density at radius 2 is 1.77 bits per heavy atom. The van der Waals surface area contributed by atoms with Crippen LogP contribution in [-0.2, 0) is 6.54 Å². The van der Waals surface area contributed by atoms with Gasteiger partial charge in [-0.05, 0) is 29.8 Å². The number of H-pyrrole nitrogens is 1. The van der Waals surface area contributed by atoms with Gasteiger partial charge in [0.05, 0.1) is 12.7 Å². The summed E-state index contributed by atoms with van der Waals surface area (Å²) in [7, 11) is 1.49. The highest BCUT2D eigenvalue weighted by molar-refractivity contribution is 6.02. The maximum atomic E-state index is 14.3. The van der Waals surface area contributed by atoms with Gasteiger partial charge in [-0.25, -0.2) is 13.9 Å². The summed E-state index contributed by atoms with van der Waals surface area (Å²) in [5.74, 6) is -2.25. The zero-order valence-electron chi connectivity index (χ0n) is 18.6. The second-order valence-electron chi connectivity index (χ2n) is 7.62. The van der Waals surface area contributed by atoms with E-state index in [1.165, 1.54) is 7.11 Å². The van der Waals surface area contributed by atoms with Crippen LogP contribution < -0.4 is 26.2 Å². The number of ether oxygens (including phenoxy) is 1.